The number of hydrogen-bond donors (Lipinski definition) is 2. The summed E-state index contributed by atoms with van der Waals surface area (Å²) < 4.78 is 3.02. The Morgan fingerprint density at radius 2 is 1.90 bits per heavy atom. The van der Waals surface area contributed by atoms with Crippen molar-refractivity contribution in [1.82, 2.24) is 0 Å². The molecule has 0 spiro atoms. The number of amidine groups is 1. The molecule has 1 aromatic carbocycles. The summed E-state index contributed by atoms with van der Waals surface area (Å²) in [5.41, 5.74) is 9.94. The predicted molar refractivity (Wildman–Crippen MR) is 83.9 cm³/mol. The Bertz CT molecular complexity index is 560. The lowest BCUT2D eigenvalue weighted by Gasteiger charge is -2.14. The zero-order valence-corrected chi connectivity index (χ0v) is 12.7. The number of halogens is 1. The minimum absolute atomic E-state index is 0.231. The molecule has 0 bridgehead atoms. The van der Waals surface area contributed by atoms with Gasteiger partial charge in [0.15, 0.2) is 0 Å². The first-order chi connectivity index (χ1) is 9.70. The van der Waals surface area contributed by atoms with Gasteiger partial charge < -0.3 is 0 Å². The van der Waals surface area contributed by atoms with Crippen LogP contribution in [-0.4, -0.2) is 29.2 Å². The van der Waals surface area contributed by atoms with E-state index in [4.69, 9.17) is 5.73 Å². The lowest BCUT2D eigenvalue weighted by molar-refractivity contribution is -0.536. The summed E-state index contributed by atoms with van der Waals surface area (Å²) in [6, 6.07) is 9.61. The van der Waals surface area contributed by atoms with Gasteiger partial charge in [-0.15, -0.1) is 0 Å². The third kappa shape index (κ3) is 3.81. The molecular formula is C14H17BrN5+. The summed E-state index contributed by atoms with van der Waals surface area (Å²) in [4.78, 5) is 0. The minimum Gasteiger partial charge on any atom is -0.285 e. The zero-order chi connectivity index (χ0) is 14.4. The molecule has 1 fully saturated rings. The highest BCUT2D eigenvalue weighted by Crippen LogP contribution is 2.14. The van der Waals surface area contributed by atoms with E-state index in [9.17, 15) is 5.26 Å². The van der Waals surface area contributed by atoms with Crippen LogP contribution in [0.25, 0.3) is 0 Å². The van der Waals surface area contributed by atoms with Crippen LogP contribution in [0.1, 0.15) is 19.3 Å². The van der Waals surface area contributed by atoms with Crippen molar-refractivity contribution in [2.45, 2.75) is 19.3 Å². The van der Waals surface area contributed by atoms with Crippen LogP contribution in [0.4, 0.5) is 5.69 Å². The number of piperidine rings is 1. The van der Waals surface area contributed by atoms with Crippen molar-refractivity contribution in [3.05, 3.63) is 28.7 Å². The van der Waals surface area contributed by atoms with E-state index in [0.717, 1.165) is 36.1 Å². The summed E-state index contributed by atoms with van der Waals surface area (Å²) >= 11 is 3.37. The van der Waals surface area contributed by atoms with Gasteiger partial charge in [0.1, 0.15) is 6.07 Å². The number of nitrogens with two attached hydrogens (primary N) is 1. The van der Waals surface area contributed by atoms with Crippen LogP contribution in [0.3, 0.4) is 0 Å². The van der Waals surface area contributed by atoms with E-state index in [1.165, 1.54) is 6.42 Å². The summed E-state index contributed by atoms with van der Waals surface area (Å²) in [7, 11) is 0. The first-order valence-corrected chi connectivity index (χ1v) is 7.37. The fourth-order valence-corrected chi connectivity index (χ4v) is 2.33. The molecule has 1 heterocycles. The van der Waals surface area contributed by atoms with Crippen LogP contribution in [0.15, 0.2) is 33.8 Å². The van der Waals surface area contributed by atoms with Crippen molar-refractivity contribution in [2.24, 2.45) is 10.8 Å². The molecular weight excluding hydrogens is 318 g/mol. The Morgan fingerprint density at radius 3 is 2.50 bits per heavy atom. The lowest BCUT2D eigenvalue weighted by Crippen LogP contribution is -2.38. The van der Waals surface area contributed by atoms with Crippen molar-refractivity contribution in [3.8, 4) is 6.07 Å². The molecule has 0 atom stereocenters. The SMILES string of the molecule is N#C/C(=N/Nc1ccc(Br)cc1)C(N)=[N+]1CCCCC1. The van der Waals surface area contributed by atoms with E-state index in [2.05, 4.69) is 32.5 Å². The number of rotatable bonds is 3. The van der Waals surface area contributed by atoms with Gasteiger partial charge in [0.05, 0.1) is 18.8 Å². The normalized spacial score (nSPS) is 15.6. The van der Waals surface area contributed by atoms with Crippen LogP contribution >= 0.6 is 15.9 Å². The van der Waals surface area contributed by atoms with Gasteiger partial charge in [0.2, 0.25) is 5.71 Å². The topological polar surface area (TPSA) is 77.2 Å². The highest BCUT2D eigenvalue weighted by atomic mass is 79.9. The Labute approximate surface area is 126 Å². The molecule has 0 unspecified atom stereocenters. The van der Waals surface area contributed by atoms with E-state index >= 15 is 0 Å². The monoisotopic (exact) mass is 334 g/mol. The maximum absolute atomic E-state index is 9.19. The highest BCUT2D eigenvalue weighted by Gasteiger charge is 2.18. The summed E-state index contributed by atoms with van der Waals surface area (Å²) in [6.45, 7) is 1.79. The van der Waals surface area contributed by atoms with Crippen molar-refractivity contribution < 1.29 is 4.58 Å². The number of nitrogens with one attached hydrogen (secondary N) is 1. The van der Waals surface area contributed by atoms with E-state index in [0.29, 0.717) is 5.84 Å². The van der Waals surface area contributed by atoms with Gasteiger partial charge in [0.25, 0.3) is 0 Å². The standard InChI is InChI=1S/C14H16BrN5/c15-11-4-6-12(7-5-11)18-19-13(10-16)14(17)20-8-2-1-3-9-20/h4-7H,1-3,8-9H2,(H2,17,18)/p+1. The molecule has 3 N–H and O–H groups in total. The molecule has 1 saturated heterocycles. The summed E-state index contributed by atoms with van der Waals surface area (Å²) in [5.74, 6) is 0.455. The van der Waals surface area contributed by atoms with Gasteiger partial charge in [-0.05, 0) is 43.5 Å². The van der Waals surface area contributed by atoms with Crippen LogP contribution in [-0.2, 0) is 0 Å². The first-order valence-electron chi connectivity index (χ1n) is 6.58. The van der Waals surface area contributed by atoms with Crippen molar-refractivity contribution in [3.63, 3.8) is 0 Å². The Balaban J connectivity index is 2.13. The number of hydrazone groups is 1. The van der Waals surface area contributed by atoms with Gasteiger partial charge in [-0.2, -0.15) is 10.4 Å². The van der Waals surface area contributed by atoms with Crippen LogP contribution < -0.4 is 11.2 Å². The van der Waals surface area contributed by atoms with Gasteiger partial charge >= 0.3 is 5.84 Å². The molecule has 1 aliphatic heterocycles. The molecule has 0 aromatic heterocycles. The number of hydrogen-bond acceptors (Lipinski definition) is 3. The van der Waals surface area contributed by atoms with Gasteiger partial charge in [-0.1, -0.05) is 15.9 Å². The van der Waals surface area contributed by atoms with Gasteiger partial charge in [0, 0.05) is 4.47 Å². The largest absolute Gasteiger partial charge is 0.306 e. The second kappa shape index (κ2) is 7.06. The molecule has 20 heavy (non-hydrogen) atoms. The molecule has 0 amide bonds. The Hall–Kier alpha value is -1.87. The molecule has 0 saturated carbocycles. The molecule has 0 radical (unpaired) electrons. The van der Waals surface area contributed by atoms with Gasteiger partial charge in [-0.25, -0.2) is 0 Å². The third-order valence-corrected chi connectivity index (χ3v) is 3.71. The maximum Gasteiger partial charge on any atom is 0.306 e. The molecule has 5 nitrogen and oxygen atoms in total. The van der Waals surface area contributed by atoms with E-state index in [1.54, 1.807) is 0 Å². The van der Waals surface area contributed by atoms with Crippen LogP contribution in [0, 0.1) is 11.3 Å². The Morgan fingerprint density at radius 1 is 1.25 bits per heavy atom. The second-order valence-electron chi connectivity index (χ2n) is 4.62. The van der Waals surface area contributed by atoms with Crippen LogP contribution in [0.5, 0.6) is 0 Å². The quantitative estimate of drug-likeness (QED) is 0.385. The molecule has 1 aliphatic rings. The minimum atomic E-state index is 0.231. The van der Waals surface area contributed by atoms with E-state index < -0.39 is 0 Å². The number of anilines is 1. The fraction of sp³-hybridized carbons (Fsp3) is 0.357. The highest BCUT2D eigenvalue weighted by molar-refractivity contribution is 9.10. The fourth-order valence-electron chi connectivity index (χ4n) is 2.07. The van der Waals surface area contributed by atoms with E-state index in [-0.39, 0.29) is 5.71 Å². The number of benzene rings is 1. The van der Waals surface area contributed by atoms with Crippen molar-refractivity contribution >= 4 is 33.2 Å². The van der Waals surface area contributed by atoms with Gasteiger partial charge in [-0.3, -0.25) is 15.7 Å². The first kappa shape index (κ1) is 14.5. The van der Waals surface area contributed by atoms with Crippen molar-refractivity contribution in [1.29, 1.82) is 5.26 Å². The molecule has 1 aromatic rings. The summed E-state index contributed by atoms with van der Waals surface area (Å²) in [5, 5.41) is 13.3. The summed E-state index contributed by atoms with van der Waals surface area (Å²) in [6.07, 6.45) is 3.44. The number of nitriles is 1. The predicted octanol–water partition coefficient (Wildman–Crippen LogP) is 2.29. The lowest BCUT2D eigenvalue weighted by atomic mass is 10.1. The molecule has 104 valence electrons. The maximum atomic E-state index is 9.19. The molecule has 0 aliphatic carbocycles. The van der Waals surface area contributed by atoms with Crippen molar-refractivity contribution in [2.75, 3.05) is 18.5 Å². The average Bonchev–Trinajstić information content (AvgIpc) is 2.50. The number of nitrogens with zero attached hydrogens (tertiary/aromatic N) is 3. The van der Waals surface area contributed by atoms with E-state index in [1.807, 2.05) is 28.8 Å². The average molecular weight is 335 g/mol. The molecule has 6 heteroatoms. The zero-order valence-electron chi connectivity index (χ0n) is 11.1. The van der Waals surface area contributed by atoms with Crippen LogP contribution in [0.2, 0.25) is 0 Å². The smallest absolute Gasteiger partial charge is 0.285 e. The second-order valence-corrected chi connectivity index (χ2v) is 5.54. The third-order valence-electron chi connectivity index (χ3n) is 3.19. The Kier molecular flexibility index (Phi) is 5.13. The molecule has 2 rings (SSSR count).